The van der Waals surface area contributed by atoms with Gasteiger partial charge < -0.3 is 11.5 Å². The Balaban J connectivity index is 1.78. The van der Waals surface area contributed by atoms with E-state index < -0.39 is 0 Å². The first-order valence-electron chi connectivity index (χ1n) is 7.27. The zero-order chi connectivity index (χ0) is 16.9. The Morgan fingerprint density at radius 3 is 2.42 bits per heavy atom. The molecular weight excluding hydrogens is 302 g/mol. The van der Waals surface area contributed by atoms with E-state index in [1.54, 1.807) is 24.3 Å². The van der Waals surface area contributed by atoms with Gasteiger partial charge in [-0.1, -0.05) is 36.4 Å². The minimum absolute atomic E-state index is 0.103. The lowest BCUT2D eigenvalue weighted by molar-refractivity contribution is -0.110. The van der Waals surface area contributed by atoms with Crippen LogP contribution < -0.4 is 11.5 Å². The summed E-state index contributed by atoms with van der Waals surface area (Å²) < 4.78 is 0. The lowest BCUT2D eigenvalue weighted by Crippen LogP contribution is -2.02. The average Bonchev–Trinajstić information content (AvgIpc) is 2.59. The van der Waals surface area contributed by atoms with E-state index in [1.165, 1.54) is 12.2 Å². The first-order chi connectivity index (χ1) is 11.6. The molecule has 0 bridgehead atoms. The highest BCUT2D eigenvalue weighted by atomic mass is 16.1. The second-order valence-electron chi connectivity index (χ2n) is 5.05. The van der Waals surface area contributed by atoms with Crippen molar-refractivity contribution in [2.24, 2.45) is 0 Å². The number of nitrogen functional groups attached to an aromatic ring is 2. The molecule has 0 unspecified atom stereocenters. The van der Waals surface area contributed by atoms with Crippen molar-refractivity contribution < 1.29 is 4.79 Å². The van der Waals surface area contributed by atoms with Crippen molar-refractivity contribution in [2.75, 3.05) is 11.5 Å². The molecule has 3 aromatic rings. The number of hydrogen-bond acceptors (Lipinski definition) is 6. The largest absolute Gasteiger partial charge is 0.382 e. The molecule has 2 aromatic heterocycles. The number of fused-ring (bicyclic) bond motifs is 1. The quantitative estimate of drug-likeness (QED) is 0.716. The van der Waals surface area contributed by atoms with Crippen molar-refractivity contribution in [3.8, 4) is 0 Å². The van der Waals surface area contributed by atoms with Gasteiger partial charge in [0.2, 0.25) is 5.95 Å². The number of nitrogens with two attached hydrogens (primary N) is 2. The van der Waals surface area contributed by atoms with Crippen LogP contribution >= 0.6 is 0 Å². The Kier molecular flexibility index (Phi) is 4.29. The number of carbonyl (C=O) groups excluding carboxylic acids is 1. The minimum Gasteiger partial charge on any atom is -0.382 e. The van der Waals surface area contributed by atoms with Crippen molar-refractivity contribution in [3.05, 3.63) is 65.9 Å². The lowest BCUT2D eigenvalue weighted by atomic mass is 10.2. The number of nitrogens with zero attached hydrogens (tertiary/aromatic N) is 3. The molecule has 1 aromatic carbocycles. The van der Waals surface area contributed by atoms with Gasteiger partial charge in [0, 0.05) is 0 Å². The second kappa shape index (κ2) is 6.70. The number of hydrogen-bond donors (Lipinski definition) is 2. The highest BCUT2D eigenvalue weighted by Crippen LogP contribution is 2.17. The number of anilines is 2. The van der Waals surface area contributed by atoms with Gasteiger partial charge in [-0.25, -0.2) is 9.97 Å². The molecular formula is C18H15N5O. The number of carbonyl (C=O) groups is 1. The van der Waals surface area contributed by atoms with Crippen LogP contribution in [0.4, 0.5) is 11.8 Å². The molecule has 3 rings (SSSR count). The molecule has 2 heterocycles. The van der Waals surface area contributed by atoms with E-state index >= 15 is 0 Å². The molecule has 0 saturated heterocycles. The summed E-state index contributed by atoms with van der Waals surface area (Å²) in [7, 11) is 0. The van der Waals surface area contributed by atoms with E-state index in [0.29, 0.717) is 16.7 Å². The molecule has 24 heavy (non-hydrogen) atoms. The number of ketones is 1. The summed E-state index contributed by atoms with van der Waals surface area (Å²) >= 11 is 0. The Morgan fingerprint density at radius 1 is 0.875 bits per heavy atom. The van der Waals surface area contributed by atoms with Crippen LogP contribution in [0, 0.1) is 0 Å². The SMILES string of the molecule is Nc1nc(N)c2nc(/C=C/C(=O)/C=C/c3ccccc3)ccc2n1. The fourth-order valence-electron chi connectivity index (χ4n) is 2.13. The highest BCUT2D eigenvalue weighted by molar-refractivity contribution is 6.04. The Bertz CT molecular complexity index is 948. The predicted octanol–water partition coefficient (Wildman–Crippen LogP) is 2.48. The van der Waals surface area contributed by atoms with Gasteiger partial charge in [-0.2, -0.15) is 4.98 Å². The molecule has 6 nitrogen and oxygen atoms in total. The number of rotatable bonds is 4. The average molecular weight is 317 g/mol. The maximum atomic E-state index is 11.9. The number of pyridine rings is 1. The Hall–Kier alpha value is -3.54. The van der Waals surface area contributed by atoms with E-state index in [9.17, 15) is 4.79 Å². The fourth-order valence-corrected chi connectivity index (χ4v) is 2.13. The summed E-state index contributed by atoms with van der Waals surface area (Å²) in [6.45, 7) is 0. The lowest BCUT2D eigenvalue weighted by Gasteiger charge is -2.02. The van der Waals surface area contributed by atoms with Crippen LogP contribution in [0.5, 0.6) is 0 Å². The smallest absolute Gasteiger partial charge is 0.222 e. The van der Waals surface area contributed by atoms with Crippen LogP contribution in [0.1, 0.15) is 11.3 Å². The van der Waals surface area contributed by atoms with Gasteiger partial charge in [-0.3, -0.25) is 4.79 Å². The van der Waals surface area contributed by atoms with E-state index in [1.807, 2.05) is 30.3 Å². The molecule has 0 aliphatic heterocycles. The molecule has 0 atom stereocenters. The molecule has 4 N–H and O–H groups in total. The number of allylic oxidation sites excluding steroid dienone is 2. The normalized spacial score (nSPS) is 11.5. The summed E-state index contributed by atoms with van der Waals surface area (Å²) in [5.74, 6) is 0.177. The van der Waals surface area contributed by atoms with Gasteiger partial charge >= 0.3 is 0 Å². The van der Waals surface area contributed by atoms with Crippen LogP contribution in [0.15, 0.2) is 54.6 Å². The standard InChI is InChI=1S/C18H15N5O/c19-17-16-15(22-18(20)23-17)11-8-13(21-16)7-10-14(24)9-6-12-4-2-1-3-5-12/h1-11H,(H4,19,20,22,23)/b9-6+,10-7+. The molecule has 0 radical (unpaired) electrons. The Morgan fingerprint density at radius 2 is 1.62 bits per heavy atom. The van der Waals surface area contributed by atoms with Crippen molar-refractivity contribution in [2.45, 2.75) is 0 Å². The highest BCUT2D eigenvalue weighted by Gasteiger charge is 2.05. The molecule has 0 amide bonds. The van der Waals surface area contributed by atoms with Crippen molar-refractivity contribution >= 4 is 40.7 Å². The van der Waals surface area contributed by atoms with Gasteiger partial charge in [0.25, 0.3) is 0 Å². The van der Waals surface area contributed by atoms with Crippen LogP contribution in [-0.2, 0) is 4.79 Å². The zero-order valence-electron chi connectivity index (χ0n) is 12.8. The molecule has 0 aliphatic rings. The second-order valence-corrected chi connectivity index (χ2v) is 5.05. The van der Waals surface area contributed by atoms with Crippen LogP contribution in [0.25, 0.3) is 23.2 Å². The predicted molar refractivity (Wildman–Crippen MR) is 95.7 cm³/mol. The minimum atomic E-state index is -0.137. The van der Waals surface area contributed by atoms with E-state index in [0.717, 1.165) is 5.56 Å². The topological polar surface area (TPSA) is 108 Å². The third kappa shape index (κ3) is 3.61. The Labute approximate surface area is 138 Å². The van der Waals surface area contributed by atoms with Gasteiger partial charge in [0.1, 0.15) is 5.52 Å². The number of benzene rings is 1. The summed E-state index contributed by atoms with van der Waals surface area (Å²) in [5, 5.41) is 0. The zero-order valence-corrected chi connectivity index (χ0v) is 12.8. The molecule has 6 heteroatoms. The summed E-state index contributed by atoms with van der Waals surface area (Å²) in [6.07, 6.45) is 6.33. The van der Waals surface area contributed by atoms with Crippen LogP contribution in [0.3, 0.4) is 0 Å². The third-order valence-electron chi connectivity index (χ3n) is 3.27. The van der Waals surface area contributed by atoms with E-state index in [-0.39, 0.29) is 17.5 Å². The molecule has 0 saturated carbocycles. The molecule has 118 valence electrons. The van der Waals surface area contributed by atoms with Gasteiger partial charge in [-0.15, -0.1) is 0 Å². The summed E-state index contributed by atoms with van der Waals surface area (Å²) in [5.41, 5.74) is 13.9. The van der Waals surface area contributed by atoms with Gasteiger partial charge in [0.05, 0.1) is 11.2 Å². The molecule has 0 spiro atoms. The first-order valence-corrected chi connectivity index (χ1v) is 7.27. The van der Waals surface area contributed by atoms with Crippen molar-refractivity contribution in [1.29, 1.82) is 0 Å². The third-order valence-corrected chi connectivity index (χ3v) is 3.27. The summed E-state index contributed by atoms with van der Waals surface area (Å²) in [4.78, 5) is 24.2. The van der Waals surface area contributed by atoms with Crippen molar-refractivity contribution in [1.82, 2.24) is 15.0 Å². The molecule has 0 fully saturated rings. The van der Waals surface area contributed by atoms with Crippen molar-refractivity contribution in [3.63, 3.8) is 0 Å². The fraction of sp³-hybridized carbons (Fsp3) is 0. The van der Waals surface area contributed by atoms with Crippen LogP contribution in [0.2, 0.25) is 0 Å². The maximum absolute atomic E-state index is 11.9. The van der Waals surface area contributed by atoms with E-state index in [2.05, 4.69) is 15.0 Å². The van der Waals surface area contributed by atoms with Gasteiger partial charge in [-0.05, 0) is 35.9 Å². The maximum Gasteiger partial charge on any atom is 0.222 e. The molecule has 0 aliphatic carbocycles. The van der Waals surface area contributed by atoms with Gasteiger partial charge in [0.15, 0.2) is 11.6 Å². The first kappa shape index (κ1) is 15.4. The summed E-state index contributed by atoms with van der Waals surface area (Å²) in [6, 6.07) is 13.1. The number of aromatic nitrogens is 3. The monoisotopic (exact) mass is 317 g/mol. The van der Waals surface area contributed by atoms with Crippen LogP contribution in [-0.4, -0.2) is 20.7 Å². The van der Waals surface area contributed by atoms with E-state index in [4.69, 9.17) is 11.5 Å².